The van der Waals surface area contributed by atoms with Gasteiger partial charge in [-0.05, 0) is 23.8 Å². The number of pyridine rings is 1. The van der Waals surface area contributed by atoms with Crippen molar-refractivity contribution in [2.45, 2.75) is 12.7 Å². The Kier molecular flexibility index (Phi) is 2.51. The lowest BCUT2D eigenvalue weighted by atomic mass is 10.1. The molecule has 1 amide bonds. The Morgan fingerprint density at radius 3 is 2.83 bits per heavy atom. The molecule has 0 saturated heterocycles. The Morgan fingerprint density at radius 1 is 1.33 bits per heavy atom. The number of allylic oxidation sites excluding steroid dienone is 1. The fraction of sp³-hybridized carbons (Fsp3) is 0.231. The molecule has 1 aromatic heterocycles. The largest absolute Gasteiger partial charge is 0.454 e. The SMILES string of the molecule is NC(=O)C1C=CC2=C1OC(Cc1ccncc1)O2. The van der Waals surface area contributed by atoms with Gasteiger partial charge in [0.25, 0.3) is 0 Å². The standard InChI is InChI=1S/C13H12N2O3/c14-13(16)9-1-2-10-12(9)18-11(17-10)7-8-3-5-15-6-4-8/h1-6,9,11H,7H2,(H2,14,16). The topological polar surface area (TPSA) is 74.4 Å². The van der Waals surface area contributed by atoms with Crippen molar-refractivity contribution in [2.24, 2.45) is 11.7 Å². The van der Waals surface area contributed by atoms with E-state index in [0.717, 1.165) is 5.56 Å². The second-order valence-electron chi connectivity index (χ2n) is 4.19. The third kappa shape index (κ3) is 1.84. The van der Waals surface area contributed by atoms with Crippen molar-refractivity contribution in [3.05, 3.63) is 53.8 Å². The molecule has 18 heavy (non-hydrogen) atoms. The van der Waals surface area contributed by atoms with Gasteiger partial charge >= 0.3 is 0 Å². The highest BCUT2D eigenvalue weighted by Gasteiger charge is 2.36. The van der Waals surface area contributed by atoms with Crippen molar-refractivity contribution in [2.75, 3.05) is 0 Å². The molecule has 5 heteroatoms. The van der Waals surface area contributed by atoms with Crippen molar-refractivity contribution in [1.29, 1.82) is 0 Å². The summed E-state index contributed by atoms with van der Waals surface area (Å²) in [4.78, 5) is 15.2. The Labute approximate surface area is 104 Å². The summed E-state index contributed by atoms with van der Waals surface area (Å²) >= 11 is 0. The van der Waals surface area contributed by atoms with Crippen LogP contribution in [0.5, 0.6) is 0 Å². The number of nitrogens with two attached hydrogens (primary N) is 1. The lowest BCUT2D eigenvalue weighted by Gasteiger charge is -2.14. The first-order valence-electron chi connectivity index (χ1n) is 5.68. The van der Waals surface area contributed by atoms with E-state index in [-0.39, 0.29) is 0 Å². The number of primary amides is 1. The first kappa shape index (κ1) is 10.8. The molecule has 0 radical (unpaired) electrons. The van der Waals surface area contributed by atoms with Gasteiger partial charge in [0.2, 0.25) is 12.2 Å². The Balaban J connectivity index is 1.68. The maximum absolute atomic E-state index is 11.2. The number of hydrogen-bond donors (Lipinski definition) is 1. The zero-order valence-corrected chi connectivity index (χ0v) is 9.58. The number of carbonyl (C=O) groups excluding carboxylic acids is 1. The van der Waals surface area contributed by atoms with Crippen LogP contribution >= 0.6 is 0 Å². The summed E-state index contributed by atoms with van der Waals surface area (Å²) in [7, 11) is 0. The zero-order valence-electron chi connectivity index (χ0n) is 9.58. The van der Waals surface area contributed by atoms with Crippen LogP contribution in [0.3, 0.4) is 0 Å². The molecule has 0 fully saturated rings. The summed E-state index contributed by atoms with van der Waals surface area (Å²) < 4.78 is 11.2. The minimum atomic E-state index is -0.498. The minimum Gasteiger partial charge on any atom is -0.454 e. The number of ether oxygens (including phenoxy) is 2. The molecule has 1 aromatic rings. The lowest BCUT2D eigenvalue weighted by molar-refractivity contribution is -0.121. The van der Waals surface area contributed by atoms with Crippen LogP contribution in [0.4, 0.5) is 0 Å². The maximum Gasteiger partial charge on any atom is 0.245 e. The van der Waals surface area contributed by atoms with Gasteiger partial charge in [-0.15, -0.1) is 0 Å². The Bertz CT molecular complexity index is 536. The number of amides is 1. The third-order valence-corrected chi connectivity index (χ3v) is 2.94. The molecule has 0 saturated carbocycles. The van der Waals surface area contributed by atoms with E-state index in [4.69, 9.17) is 15.2 Å². The zero-order chi connectivity index (χ0) is 12.5. The van der Waals surface area contributed by atoms with Crippen LogP contribution in [0.25, 0.3) is 0 Å². The molecule has 2 N–H and O–H groups in total. The quantitative estimate of drug-likeness (QED) is 0.856. The molecule has 1 aliphatic carbocycles. The molecule has 0 bridgehead atoms. The molecular weight excluding hydrogens is 232 g/mol. The molecule has 0 spiro atoms. The Hall–Kier alpha value is -2.30. The van der Waals surface area contributed by atoms with E-state index in [1.54, 1.807) is 24.5 Å². The maximum atomic E-state index is 11.2. The molecule has 5 nitrogen and oxygen atoms in total. The molecule has 1 aliphatic heterocycles. The summed E-state index contributed by atoms with van der Waals surface area (Å²) in [6, 6.07) is 3.80. The fourth-order valence-corrected chi connectivity index (χ4v) is 2.06. The van der Waals surface area contributed by atoms with Crippen molar-refractivity contribution in [3.8, 4) is 0 Å². The van der Waals surface area contributed by atoms with Crippen LogP contribution in [0.2, 0.25) is 0 Å². The van der Waals surface area contributed by atoms with E-state index in [1.807, 2.05) is 12.1 Å². The molecular formula is C13H12N2O3. The molecule has 0 aromatic carbocycles. The minimum absolute atomic E-state index is 0.399. The van der Waals surface area contributed by atoms with Gasteiger partial charge in [-0.1, -0.05) is 6.08 Å². The molecule has 3 rings (SSSR count). The number of nitrogens with zero attached hydrogens (tertiary/aromatic N) is 1. The average molecular weight is 244 g/mol. The monoisotopic (exact) mass is 244 g/mol. The average Bonchev–Trinajstić information content (AvgIpc) is 2.89. The van der Waals surface area contributed by atoms with Crippen molar-refractivity contribution >= 4 is 5.91 Å². The Morgan fingerprint density at radius 2 is 2.11 bits per heavy atom. The second-order valence-corrected chi connectivity index (χ2v) is 4.19. The summed E-state index contributed by atoms with van der Waals surface area (Å²) in [6.45, 7) is 0. The smallest absolute Gasteiger partial charge is 0.245 e. The summed E-state index contributed by atoms with van der Waals surface area (Å²) in [5.74, 6) is 0.214. The van der Waals surface area contributed by atoms with Crippen LogP contribution in [0.1, 0.15) is 5.56 Å². The van der Waals surface area contributed by atoms with Gasteiger partial charge in [0.05, 0.1) is 0 Å². The molecule has 2 unspecified atom stereocenters. The number of rotatable bonds is 3. The fourth-order valence-electron chi connectivity index (χ4n) is 2.06. The highest BCUT2D eigenvalue weighted by molar-refractivity contribution is 5.82. The molecule has 2 heterocycles. The van der Waals surface area contributed by atoms with Gasteiger partial charge in [-0.25, -0.2) is 0 Å². The number of hydrogen-bond acceptors (Lipinski definition) is 4. The van der Waals surface area contributed by atoms with E-state index in [9.17, 15) is 4.79 Å². The second kappa shape index (κ2) is 4.18. The van der Waals surface area contributed by atoms with Crippen LogP contribution in [0, 0.1) is 5.92 Å². The highest BCUT2D eigenvalue weighted by atomic mass is 16.7. The molecule has 2 aliphatic rings. The first-order chi connectivity index (χ1) is 8.74. The van der Waals surface area contributed by atoms with E-state index >= 15 is 0 Å². The van der Waals surface area contributed by atoms with Crippen LogP contribution < -0.4 is 5.73 Å². The van der Waals surface area contributed by atoms with Gasteiger partial charge in [-0.3, -0.25) is 9.78 Å². The van der Waals surface area contributed by atoms with Gasteiger partial charge in [0, 0.05) is 18.8 Å². The predicted octanol–water partition coefficient (Wildman–Crippen LogP) is 0.880. The normalized spacial score (nSPS) is 24.7. The number of carbonyl (C=O) groups is 1. The first-order valence-corrected chi connectivity index (χ1v) is 5.68. The molecule has 2 atom stereocenters. The van der Waals surface area contributed by atoms with Crippen molar-refractivity contribution in [3.63, 3.8) is 0 Å². The van der Waals surface area contributed by atoms with Crippen LogP contribution in [-0.4, -0.2) is 17.2 Å². The van der Waals surface area contributed by atoms with E-state index < -0.39 is 18.1 Å². The highest BCUT2D eigenvalue weighted by Crippen LogP contribution is 2.35. The number of aromatic nitrogens is 1. The van der Waals surface area contributed by atoms with Crippen LogP contribution in [-0.2, 0) is 20.7 Å². The van der Waals surface area contributed by atoms with Gasteiger partial charge < -0.3 is 15.2 Å². The van der Waals surface area contributed by atoms with Crippen molar-refractivity contribution in [1.82, 2.24) is 4.98 Å². The van der Waals surface area contributed by atoms with Gasteiger partial charge in [0.1, 0.15) is 5.92 Å². The van der Waals surface area contributed by atoms with Gasteiger partial charge in [-0.2, -0.15) is 0 Å². The van der Waals surface area contributed by atoms with Crippen LogP contribution in [0.15, 0.2) is 48.2 Å². The summed E-state index contributed by atoms with van der Waals surface area (Å²) in [5.41, 5.74) is 6.35. The van der Waals surface area contributed by atoms with E-state index in [0.29, 0.717) is 17.9 Å². The van der Waals surface area contributed by atoms with E-state index in [1.165, 1.54) is 0 Å². The molecule has 92 valence electrons. The lowest BCUT2D eigenvalue weighted by Crippen LogP contribution is -2.24. The van der Waals surface area contributed by atoms with Crippen molar-refractivity contribution < 1.29 is 14.3 Å². The predicted molar refractivity (Wildman–Crippen MR) is 62.7 cm³/mol. The third-order valence-electron chi connectivity index (χ3n) is 2.94. The van der Waals surface area contributed by atoms with E-state index in [2.05, 4.69) is 4.98 Å². The summed E-state index contributed by atoms with van der Waals surface area (Å²) in [6.07, 6.45) is 7.07. The summed E-state index contributed by atoms with van der Waals surface area (Å²) in [5, 5.41) is 0. The van der Waals surface area contributed by atoms with Gasteiger partial charge in [0.15, 0.2) is 11.5 Å².